The van der Waals surface area contributed by atoms with Gasteiger partial charge < -0.3 is 9.64 Å². The van der Waals surface area contributed by atoms with Crippen molar-refractivity contribution >= 4 is 10.9 Å². The minimum Gasteiger partial charge on any atom is -0.476 e. The molecular formula is C19H20F3N3O. The van der Waals surface area contributed by atoms with Crippen molar-refractivity contribution < 1.29 is 17.9 Å². The molecule has 0 fully saturated rings. The van der Waals surface area contributed by atoms with Gasteiger partial charge in [0.2, 0.25) is 5.88 Å². The van der Waals surface area contributed by atoms with E-state index in [-0.39, 0.29) is 0 Å². The molecule has 138 valence electrons. The van der Waals surface area contributed by atoms with Crippen LogP contribution in [0.5, 0.6) is 5.88 Å². The van der Waals surface area contributed by atoms with E-state index in [0.29, 0.717) is 23.7 Å². The molecule has 3 rings (SSSR count). The number of rotatable bonds is 6. The lowest BCUT2D eigenvalue weighted by Gasteiger charge is -2.09. The molecule has 7 heteroatoms. The van der Waals surface area contributed by atoms with Crippen molar-refractivity contribution in [2.45, 2.75) is 12.6 Å². The third-order valence-corrected chi connectivity index (χ3v) is 3.96. The third-order valence-electron chi connectivity index (χ3n) is 3.96. The standard InChI is InChI=1S/C19H20F3N3O/c1-24(2)11-6-12-26-18-16-9-3-4-10-17(16)25(23-18)15-8-5-7-14(13-15)19(20,21)22/h3-5,7-10,13H,6,11-12H2,1-2H3. The van der Waals surface area contributed by atoms with Gasteiger partial charge in [-0.2, -0.15) is 13.2 Å². The first-order chi connectivity index (χ1) is 12.4. The molecule has 3 aromatic rings. The van der Waals surface area contributed by atoms with Crippen LogP contribution >= 0.6 is 0 Å². The summed E-state index contributed by atoms with van der Waals surface area (Å²) in [5.41, 5.74) is 0.344. The van der Waals surface area contributed by atoms with Gasteiger partial charge in [0.1, 0.15) is 0 Å². The Labute approximate surface area is 149 Å². The first-order valence-corrected chi connectivity index (χ1v) is 8.29. The topological polar surface area (TPSA) is 30.3 Å². The van der Waals surface area contributed by atoms with Crippen LogP contribution in [0.25, 0.3) is 16.6 Å². The second-order valence-electron chi connectivity index (χ2n) is 6.29. The maximum atomic E-state index is 13.0. The molecule has 0 N–H and O–H groups in total. The number of alkyl halides is 3. The molecule has 1 heterocycles. The Kier molecular flexibility index (Phi) is 5.18. The first-order valence-electron chi connectivity index (χ1n) is 8.29. The van der Waals surface area contributed by atoms with Gasteiger partial charge >= 0.3 is 6.18 Å². The van der Waals surface area contributed by atoms with E-state index in [9.17, 15) is 13.2 Å². The number of aromatic nitrogens is 2. The fourth-order valence-electron chi connectivity index (χ4n) is 2.70. The Bertz CT molecular complexity index is 887. The third kappa shape index (κ3) is 3.99. The number of fused-ring (bicyclic) bond motifs is 1. The van der Waals surface area contributed by atoms with Gasteiger partial charge in [0.15, 0.2) is 0 Å². The van der Waals surface area contributed by atoms with E-state index in [0.717, 1.165) is 30.5 Å². The van der Waals surface area contributed by atoms with Gasteiger partial charge in [-0.15, -0.1) is 5.10 Å². The number of para-hydroxylation sites is 1. The highest BCUT2D eigenvalue weighted by Crippen LogP contribution is 2.32. The van der Waals surface area contributed by atoms with Gasteiger partial charge in [0, 0.05) is 6.54 Å². The van der Waals surface area contributed by atoms with Gasteiger partial charge in [-0.25, -0.2) is 4.68 Å². The highest BCUT2D eigenvalue weighted by atomic mass is 19.4. The smallest absolute Gasteiger partial charge is 0.416 e. The molecule has 0 unspecified atom stereocenters. The van der Waals surface area contributed by atoms with Crippen molar-refractivity contribution in [1.29, 1.82) is 0 Å². The maximum absolute atomic E-state index is 13.0. The fraction of sp³-hybridized carbons (Fsp3) is 0.316. The number of halogens is 3. The summed E-state index contributed by atoms with van der Waals surface area (Å²) in [5.74, 6) is 0.428. The van der Waals surface area contributed by atoms with Crippen molar-refractivity contribution in [3.05, 3.63) is 54.1 Å². The normalized spacial score (nSPS) is 12.1. The largest absolute Gasteiger partial charge is 0.476 e. The minimum atomic E-state index is -4.40. The van der Waals surface area contributed by atoms with E-state index in [2.05, 4.69) is 10.00 Å². The maximum Gasteiger partial charge on any atom is 0.416 e. The summed E-state index contributed by atoms with van der Waals surface area (Å²) in [7, 11) is 3.97. The summed E-state index contributed by atoms with van der Waals surface area (Å²) >= 11 is 0. The summed E-state index contributed by atoms with van der Waals surface area (Å²) in [6, 6.07) is 12.5. The molecule has 0 aliphatic rings. The van der Waals surface area contributed by atoms with Crippen LogP contribution in [-0.4, -0.2) is 41.9 Å². The predicted octanol–water partition coefficient (Wildman–Crippen LogP) is 4.37. The lowest BCUT2D eigenvalue weighted by Crippen LogP contribution is -2.15. The van der Waals surface area contributed by atoms with Gasteiger partial charge in [-0.05, 0) is 50.8 Å². The summed E-state index contributed by atoms with van der Waals surface area (Å²) in [4.78, 5) is 2.06. The average molecular weight is 363 g/mol. The molecule has 0 saturated carbocycles. The first kappa shape index (κ1) is 18.3. The molecule has 26 heavy (non-hydrogen) atoms. The van der Waals surface area contributed by atoms with Gasteiger partial charge in [-0.1, -0.05) is 18.2 Å². The average Bonchev–Trinajstić information content (AvgIpc) is 2.97. The van der Waals surface area contributed by atoms with E-state index >= 15 is 0 Å². The Balaban J connectivity index is 1.94. The molecule has 0 radical (unpaired) electrons. The van der Waals surface area contributed by atoms with Crippen LogP contribution in [0, 0.1) is 0 Å². The van der Waals surface area contributed by atoms with E-state index < -0.39 is 11.7 Å². The second-order valence-corrected chi connectivity index (χ2v) is 6.29. The molecule has 0 atom stereocenters. The van der Waals surface area contributed by atoms with Crippen molar-refractivity contribution in [3.8, 4) is 11.6 Å². The number of hydrogen-bond donors (Lipinski definition) is 0. The van der Waals surface area contributed by atoms with Crippen molar-refractivity contribution in [1.82, 2.24) is 14.7 Å². The van der Waals surface area contributed by atoms with Gasteiger partial charge in [0.25, 0.3) is 0 Å². The second kappa shape index (κ2) is 7.37. The summed E-state index contributed by atoms with van der Waals surface area (Å²) < 4.78 is 46.3. The highest BCUT2D eigenvalue weighted by molar-refractivity contribution is 5.86. The zero-order chi connectivity index (χ0) is 18.7. The molecule has 2 aromatic carbocycles. The zero-order valence-corrected chi connectivity index (χ0v) is 14.6. The van der Waals surface area contributed by atoms with E-state index in [1.807, 2.05) is 38.4 Å². The quantitative estimate of drug-likeness (QED) is 0.609. The van der Waals surface area contributed by atoms with E-state index in [4.69, 9.17) is 4.74 Å². The highest BCUT2D eigenvalue weighted by Gasteiger charge is 2.30. The Morgan fingerprint density at radius 2 is 1.85 bits per heavy atom. The lowest BCUT2D eigenvalue weighted by atomic mass is 10.2. The monoisotopic (exact) mass is 363 g/mol. The molecular weight excluding hydrogens is 343 g/mol. The van der Waals surface area contributed by atoms with Crippen LogP contribution in [0.2, 0.25) is 0 Å². The lowest BCUT2D eigenvalue weighted by molar-refractivity contribution is -0.137. The Hall–Kier alpha value is -2.54. The SMILES string of the molecule is CN(C)CCCOc1nn(-c2cccc(C(F)(F)F)c2)c2ccccc12. The Morgan fingerprint density at radius 1 is 1.08 bits per heavy atom. The van der Waals surface area contributed by atoms with Crippen LogP contribution in [0.15, 0.2) is 48.5 Å². The number of hydrogen-bond acceptors (Lipinski definition) is 3. The van der Waals surface area contributed by atoms with Crippen molar-refractivity contribution in [2.24, 2.45) is 0 Å². The van der Waals surface area contributed by atoms with Crippen LogP contribution in [-0.2, 0) is 6.18 Å². The van der Waals surface area contributed by atoms with Crippen molar-refractivity contribution in [2.75, 3.05) is 27.2 Å². The Morgan fingerprint density at radius 3 is 2.58 bits per heavy atom. The molecule has 0 aliphatic carbocycles. The van der Waals surface area contributed by atoms with Crippen LogP contribution in [0.1, 0.15) is 12.0 Å². The summed E-state index contributed by atoms with van der Waals surface area (Å²) in [6.07, 6.45) is -3.57. The van der Waals surface area contributed by atoms with Gasteiger partial charge in [-0.3, -0.25) is 0 Å². The molecule has 1 aromatic heterocycles. The van der Waals surface area contributed by atoms with Crippen molar-refractivity contribution in [3.63, 3.8) is 0 Å². The van der Waals surface area contributed by atoms with Crippen LogP contribution in [0.3, 0.4) is 0 Å². The van der Waals surface area contributed by atoms with E-state index in [1.54, 1.807) is 6.07 Å². The minimum absolute atomic E-state index is 0.346. The molecule has 0 saturated heterocycles. The summed E-state index contributed by atoms with van der Waals surface area (Å²) in [6.45, 7) is 1.37. The molecule has 4 nitrogen and oxygen atoms in total. The van der Waals surface area contributed by atoms with Crippen LogP contribution < -0.4 is 4.74 Å². The predicted molar refractivity (Wildman–Crippen MR) is 94.7 cm³/mol. The summed E-state index contributed by atoms with van der Waals surface area (Å²) in [5, 5.41) is 5.19. The molecule has 0 aliphatic heterocycles. The zero-order valence-electron chi connectivity index (χ0n) is 14.6. The fourth-order valence-corrected chi connectivity index (χ4v) is 2.70. The number of ether oxygens (including phenoxy) is 1. The molecule has 0 spiro atoms. The van der Waals surface area contributed by atoms with E-state index in [1.165, 1.54) is 10.7 Å². The molecule has 0 amide bonds. The van der Waals surface area contributed by atoms with Gasteiger partial charge in [0.05, 0.1) is 28.8 Å². The number of nitrogens with zero attached hydrogens (tertiary/aromatic N) is 3. The molecule has 0 bridgehead atoms. The number of benzene rings is 2. The van der Waals surface area contributed by atoms with Crippen LogP contribution in [0.4, 0.5) is 13.2 Å².